The third-order valence-corrected chi connectivity index (χ3v) is 3.55. The van der Waals surface area contributed by atoms with E-state index in [0.717, 1.165) is 10.5 Å². The van der Waals surface area contributed by atoms with E-state index in [9.17, 15) is 0 Å². The van der Waals surface area contributed by atoms with E-state index in [0.29, 0.717) is 5.13 Å². The van der Waals surface area contributed by atoms with Crippen molar-refractivity contribution in [3.05, 3.63) is 34.6 Å². The first-order valence-electron chi connectivity index (χ1n) is 4.08. The second kappa shape index (κ2) is 3.89. The Kier molecular flexibility index (Phi) is 2.60. The van der Waals surface area contributed by atoms with E-state index in [1.54, 1.807) is 0 Å². The topological polar surface area (TPSA) is 51.3 Å². The van der Waals surface area contributed by atoms with E-state index in [2.05, 4.69) is 9.98 Å². The van der Waals surface area contributed by atoms with Crippen molar-refractivity contribution in [3.8, 4) is 0 Å². The number of aryl methyl sites for hydroxylation is 1. The van der Waals surface area contributed by atoms with Gasteiger partial charge in [-0.05, 0) is 39.7 Å². The molecule has 72 valence electrons. The van der Waals surface area contributed by atoms with Crippen molar-refractivity contribution in [2.45, 2.75) is 6.92 Å². The molecule has 0 amide bonds. The second-order valence-electron chi connectivity index (χ2n) is 2.85. The first-order chi connectivity index (χ1) is 6.74. The molecule has 2 rings (SSSR count). The molecule has 0 unspecified atom stereocenters. The van der Waals surface area contributed by atoms with Gasteiger partial charge in [0.2, 0.25) is 4.80 Å². The third kappa shape index (κ3) is 2.18. The molecule has 1 heterocycles. The van der Waals surface area contributed by atoms with E-state index in [4.69, 9.17) is 5.73 Å². The van der Waals surface area contributed by atoms with Gasteiger partial charge in [-0.1, -0.05) is 17.7 Å². The molecule has 5 heteroatoms. The number of hydrogen-bond acceptors (Lipinski definition) is 5. The molecule has 0 radical (unpaired) electrons. The van der Waals surface area contributed by atoms with E-state index in [-0.39, 0.29) is 0 Å². The molecule has 0 aliphatic heterocycles. The van der Waals surface area contributed by atoms with Gasteiger partial charge in [-0.2, -0.15) is 4.98 Å². The molecule has 0 fully saturated rings. The molecule has 0 saturated heterocycles. The number of nitrogens with two attached hydrogens (primary N) is 1. The summed E-state index contributed by atoms with van der Waals surface area (Å²) in [4.78, 5) is 9.14. The Morgan fingerprint density at radius 1 is 1.21 bits per heavy atom. The zero-order chi connectivity index (χ0) is 9.97. The first kappa shape index (κ1) is 9.36. The Balaban J connectivity index is 2.38. The maximum Gasteiger partial charge on any atom is 0.222 e. The SMILES string of the molecule is Cc1ccc(N=c2nc(N)ss2)cc1. The fraction of sp³-hybridized carbons (Fsp3) is 0.111. The number of nitrogens with zero attached hydrogens (tertiary/aromatic N) is 2. The van der Waals surface area contributed by atoms with Gasteiger partial charge in [-0.25, -0.2) is 4.99 Å². The van der Waals surface area contributed by atoms with Gasteiger partial charge in [0, 0.05) is 0 Å². The zero-order valence-corrected chi connectivity index (χ0v) is 9.23. The molecule has 0 atom stereocenters. The van der Waals surface area contributed by atoms with Crippen molar-refractivity contribution < 1.29 is 0 Å². The summed E-state index contributed by atoms with van der Waals surface area (Å²) in [6, 6.07) is 7.99. The van der Waals surface area contributed by atoms with Gasteiger partial charge in [0.15, 0.2) is 5.13 Å². The lowest BCUT2D eigenvalue weighted by molar-refractivity contribution is 1.24. The van der Waals surface area contributed by atoms with Crippen LogP contribution in [-0.4, -0.2) is 4.98 Å². The Bertz CT molecular complexity index is 481. The lowest BCUT2D eigenvalue weighted by atomic mass is 10.2. The fourth-order valence-electron chi connectivity index (χ4n) is 0.985. The summed E-state index contributed by atoms with van der Waals surface area (Å²) in [5.41, 5.74) is 7.66. The molecule has 0 saturated carbocycles. The van der Waals surface area contributed by atoms with Crippen molar-refractivity contribution in [1.82, 2.24) is 4.98 Å². The van der Waals surface area contributed by atoms with Gasteiger partial charge in [0.25, 0.3) is 0 Å². The molecule has 0 spiro atoms. The predicted molar refractivity (Wildman–Crippen MR) is 60.8 cm³/mol. The zero-order valence-electron chi connectivity index (χ0n) is 7.60. The van der Waals surface area contributed by atoms with Gasteiger partial charge >= 0.3 is 0 Å². The molecule has 0 aliphatic carbocycles. The van der Waals surface area contributed by atoms with Crippen LogP contribution in [0.15, 0.2) is 29.3 Å². The van der Waals surface area contributed by atoms with Crippen molar-refractivity contribution >= 4 is 31.5 Å². The van der Waals surface area contributed by atoms with Crippen LogP contribution in [0, 0.1) is 6.92 Å². The summed E-state index contributed by atoms with van der Waals surface area (Å²) < 4.78 is 0. The van der Waals surface area contributed by atoms with Crippen LogP contribution in [0.4, 0.5) is 10.8 Å². The normalized spacial score (nSPS) is 11.9. The number of hydrogen-bond donors (Lipinski definition) is 1. The van der Waals surface area contributed by atoms with Gasteiger partial charge in [-0.15, -0.1) is 0 Å². The maximum atomic E-state index is 5.51. The second-order valence-corrected chi connectivity index (χ2v) is 4.96. The van der Waals surface area contributed by atoms with Crippen LogP contribution in [0.3, 0.4) is 0 Å². The minimum Gasteiger partial charge on any atom is -0.374 e. The van der Waals surface area contributed by atoms with Crippen LogP contribution in [0.25, 0.3) is 0 Å². The van der Waals surface area contributed by atoms with E-state index >= 15 is 0 Å². The summed E-state index contributed by atoms with van der Waals surface area (Å²) in [7, 11) is 2.93. The van der Waals surface area contributed by atoms with Crippen LogP contribution in [0.1, 0.15) is 5.56 Å². The highest BCUT2D eigenvalue weighted by Gasteiger charge is 1.92. The molecular formula is C9H9N3S2. The Hall–Kier alpha value is -1.20. The molecule has 0 bridgehead atoms. The average molecular weight is 223 g/mol. The van der Waals surface area contributed by atoms with Gasteiger partial charge < -0.3 is 5.73 Å². The lowest BCUT2D eigenvalue weighted by Gasteiger charge is -1.91. The van der Waals surface area contributed by atoms with Crippen LogP contribution in [0.5, 0.6) is 0 Å². The Labute approximate surface area is 89.0 Å². The van der Waals surface area contributed by atoms with Crippen LogP contribution >= 0.6 is 20.7 Å². The van der Waals surface area contributed by atoms with E-state index in [1.165, 1.54) is 26.2 Å². The minimum atomic E-state index is 0.570. The quantitative estimate of drug-likeness (QED) is 0.754. The van der Waals surface area contributed by atoms with Crippen molar-refractivity contribution in [2.75, 3.05) is 5.73 Å². The van der Waals surface area contributed by atoms with Crippen LogP contribution in [0.2, 0.25) is 0 Å². The molecule has 0 aliphatic rings. The van der Waals surface area contributed by atoms with Gasteiger partial charge in [-0.3, -0.25) is 0 Å². The Morgan fingerprint density at radius 3 is 2.50 bits per heavy atom. The van der Waals surface area contributed by atoms with E-state index in [1.807, 2.05) is 31.2 Å². The number of anilines is 1. The highest BCUT2D eigenvalue weighted by molar-refractivity contribution is 7.69. The molecule has 1 aromatic carbocycles. The van der Waals surface area contributed by atoms with E-state index < -0.39 is 0 Å². The standard InChI is InChI=1S/C9H9N3S2/c1-6-2-4-7(5-3-6)11-9-12-8(10)13-14-9/h2-5H,1H3,(H2,10,11,12). The number of benzene rings is 1. The first-order valence-corrected chi connectivity index (χ1v) is 6.23. The molecule has 14 heavy (non-hydrogen) atoms. The molecule has 1 aromatic heterocycles. The van der Waals surface area contributed by atoms with Gasteiger partial charge in [0.1, 0.15) is 0 Å². The number of rotatable bonds is 1. The summed E-state index contributed by atoms with van der Waals surface area (Å²) >= 11 is 0. The van der Waals surface area contributed by atoms with Crippen molar-refractivity contribution in [3.63, 3.8) is 0 Å². The predicted octanol–water partition coefficient (Wildman–Crippen LogP) is 2.33. The van der Waals surface area contributed by atoms with Crippen LogP contribution in [-0.2, 0) is 0 Å². The molecule has 2 aromatic rings. The van der Waals surface area contributed by atoms with Crippen LogP contribution < -0.4 is 10.5 Å². The summed E-state index contributed by atoms with van der Waals surface area (Å²) in [6.45, 7) is 2.05. The summed E-state index contributed by atoms with van der Waals surface area (Å²) in [6.07, 6.45) is 0. The maximum absolute atomic E-state index is 5.51. The third-order valence-electron chi connectivity index (χ3n) is 1.67. The fourth-order valence-corrected chi connectivity index (χ4v) is 2.42. The lowest BCUT2D eigenvalue weighted by Crippen LogP contribution is -1.97. The smallest absolute Gasteiger partial charge is 0.222 e. The van der Waals surface area contributed by atoms with Crippen molar-refractivity contribution in [1.29, 1.82) is 0 Å². The monoisotopic (exact) mass is 223 g/mol. The number of aromatic nitrogens is 1. The average Bonchev–Trinajstić information content (AvgIpc) is 2.56. The molecular weight excluding hydrogens is 214 g/mol. The molecule has 2 N–H and O–H groups in total. The summed E-state index contributed by atoms with van der Waals surface area (Å²) in [5, 5.41) is 0.570. The highest BCUT2D eigenvalue weighted by atomic mass is 32.9. The van der Waals surface area contributed by atoms with Gasteiger partial charge in [0.05, 0.1) is 5.69 Å². The highest BCUT2D eigenvalue weighted by Crippen LogP contribution is 2.13. The molecule has 3 nitrogen and oxygen atoms in total. The minimum absolute atomic E-state index is 0.570. The largest absolute Gasteiger partial charge is 0.374 e. The number of nitrogen functional groups attached to an aromatic ring is 1. The summed E-state index contributed by atoms with van der Waals surface area (Å²) in [5.74, 6) is 0. The van der Waals surface area contributed by atoms with Crippen molar-refractivity contribution in [2.24, 2.45) is 4.99 Å². The Morgan fingerprint density at radius 2 is 1.93 bits per heavy atom.